The van der Waals surface area contributed by atoms with Crippen LogP contribution in [0.3, 0.4) is 0 Å². The lowest BCUT2D eigenvalue weighted by atomic mass is 10.0. The van der Waals surface area contributed by atoms with Gasteiger partial charge in [-0.05, 0) is 23.3 Å². The van der Waals surface area contributed by atoms with Crippen molar-refractivity contribution >= 4 is 5.97 Å². The molecule has 0 fully saturated rings. The van der Waals surface area contributed by atoms with Gasteiger partial charge in [-0.25, -0.2) is 4.79 Å². The third kappa shape index (κ3) is 7.52. The van der Waals surface area contributed by atoms with Crippen molar-refractivity contribution in [3.05, 3.63) is 59.2 Å². The SMILES string of the molecule is O=C(O)c1c2cccc1COCCOCCOc1ccccc1OCCOCCOC2. The molecule has 0 unspecified atom stereocenters. The second-order valence-corrected chi connectivity index (χ2v) is 6.73. The highest BCUT2D eigenvalue weighted by molar-refractivity contribution is 5.91. The van der Waals surface area contributed by atoms with Crippen LogP contribution in [0.4, 0.5) is 0 Å². The van der Waals surface area contributed by atoms with E-state index in [1.165, 1.54) is 0 Å². The molecular weight excluding hydrogens is 404 g/mol. The van der Waals surface area contributed by atoms with Crippen molar-refractivity contribution in [3.8, 4) is 11.5 Å². The maximum Gasteiger partial charge on any atom is 0.336 e. The summed E-state index contributed by atoms with van der Waals surface area (Å²) < 4.78 is 33.8. The predicted molar refractivity (Wildman–Crippen MR) is 112 cm³/mol. The Bertz CT molecular complexity index is 766. The molecule has 1 N–H and O–H groups in total. The fraction of sp³-hybridized carbons (Fsp3) is 0.435. The molecule has 168 valence electrons. The summed E-state index contributed by atoms with van der Waals surface area (Å²) in [7, 11) is 0. The minimum Gasteiger partial charge on any atom is -0.487 e. The number of benzene rings is 2. The number of hydrogen-bond donors (Lipinski definition) is 1. The van der Waals surface area contributed by atoms with Crippen molar-refractivity contribution in [2.24, 2.45) is 0 Å². The number of rotatable bonds is 1. The Hall–Kier alpha value is -2.65. The second-order valence-electron chi connectivity index (χ2n) is 6.73. The number of fused-ring (bicyclic) bond motifs is 3. The summed E-state index contributed by atoms with van der Waals surface area (Å²) in [5, 5.41) is 9.64. The molecule has 1 aliphatic rings. The highest BCUT2D eigenvalue weighted by Crippen LogP contribution is 2.26. The largest absolute Gasteiger partial charge is 0.487 e. The predicted octanol–water partition coefficient (Wildman–Crippen LogP) is 2.92. The van der Waals surface area contributed by atoms with E-state index in [4.69, 9.17) is 28.4 Å². The van der Waals surface area contributed by atoms with Gasteiger partial charge in [0, 0.05) is 0 Å². The molecule has 0 saturated heterocycles. The molecule has 0 saturated carbocycles. The van der Waals surface area contributed by atoms with Crippen LogP contribution in [0.1, 0.15) is 21.5 Å². The van der Waals surface area contributed by atoms with E-state index in [-0.39, 0.29) is 18.8 Å². The number of carboxylic acid groups (broad SMARTS) is 1. The van der Waals surface area contributed by atoms with Crippen molar-refractivity contribution in [1.29, 1.82) is 0 Å². The first-order valence-electron chi connectivity index (χ1n) is 10.3. The Morgan fingerprint density at radius 2 is 1.06 bits per heavy atom. The normalized spacial score (nSPS) is 17.3. The first-order valence-corrected chi connectivity index (χ1v) is 10.3. The summed E-state index contributed by atoms with van der Waals surface area (Å²) in [5.41, 5.74) is 1.43. The van der Waals surface area contributed by atoms with E-state index in [1.807, 2.05) is 24.3 Å². The summed E-state index contributed by atoms with van der Waals surface area (Å²) in [6.07, 6.45) is 0. The third-order valence-corrected chi connectivity index (χ3v) is 4.53. The van der Waals surface area contributed by atoms with Gasteiger partial charge < -0.3 is 33.5 Å². The van der Waals surface area contributed by atoms with Gasteiger partial charge in [0.2, 0.25) is 0 Å². The van der Waals surface area contributed by atoms with E-state index >= 15 is 0 Å². The van der Waals surface area contributed by atoms with Gasteiger partial charge in [0.1, 0.15) is 13.2 Å². The minimum absolute atomic E-state index is 0.184. The van der Waals surface area contributed by atoms with Crippen molar-refractivity contribution in [1.82, 2.24) is 0 Å². The van der Waals surface area contributed by atoms with Crippen LogP contribution in [0.5, 0.6) is 11.5 Å². The molecule has 2 aromatic carbocycles. The van der Waals surface area contributed by atoms with Crippen LogP contribution in [0.2, 0.25) is 0 Å². The minimum atomic E-state index is -1.00. The van der Waals surface area contributed by atoms with Crippen molar-refractivity contribution < 1.29 is 38.3 Å². The van der Waals surface area contributed by atoms with Gasteiger partial charge in [-0.2, -0.15) is 0 Å². The smallest absolute Gasteiger partial charge is 0.336 e. The molecule has 0 radical (unpaired) electrons. The first kappa shape index (κ1) is 23.0. The van der Waals surface area contributed by atoms with Crippen molar-refractivity contribution in [3.63, 3.8) is 0 Å². The number of hydrogen-bond acceptors (Lipinski definition) is 7. The summed E-state index contributed by atoms with van der Waals surface area (Å²) in [4.78, 5) is 11.8. The number of carboxylic acids is 1. The third-order valence-electron chi connectivity index (χ3n) is 4.53. The van der Waals surface area contributed by atoms with Crippen LogP contribution in [0, 0.1) is 0 Å². The van der Waals surface area contributed by atoms with Crippen LogP contribution < -0.4 is 9.47 Å². The quantitative estimate of drug-likeness (QED) is 0.735. The zero-order valence-electron chi connectivity index (χ0n) is 17.4. The van der Waals surface area contributed by atoms with E-state index in [0.717, 1.165) is 0 Å². The standard InChI is InChI=1S/C23H28O8/c24-23(25)22-18-4-3-5-19(22)17-29-11-9-27-13-15-31-21-7-2-1-6-20(21)30-14-12-26-8-10-28-16-18/h1-7H,8-17H2,(H,24,25). The molecule has 2 bridgehead atoms. The second kappa shape index (κ2) is 12.9. The monoisotopic (exact) mass is 432 g/mol. The summed E-state index contributed by atoms with van der Waals surface area (Å²) in [6, 6.07) is 12.8. The number of aromatic carboxylic acids is 1. The topological polar surface area (TPSA) is 92.7 Å². The summed E-state index contributed by atoms with van der Waals surface area (Å²) >= 11 is 0. The number of para-hydroxylation sites is 2. The molecule has 0 atom stereocenters. The molecule has 0 aromatic heterocycles. The molecule has 0 spiro atoms. The highest BCUT2D eigenvalue weighted by atomic mass is 16.6. The maximum atomic E-state index is 11.8. The molecule has 0 amide bonds. The van der Waals surface area contributed by atoms with Gasteiger partial charge in [0.15, 0.2) is 11.5 Å². The molecule has 8 nitrogen and oxygen atoms in total. The van der Waals surface area contributed by atoms with Gasteiger partial charge in [-0.1, -0.05) is 30.3 Å². The summed E-state index contributed by atoms with van der Waals surface area (Å²) in [5.74, 6) is 0.298. The van der Waals surface area contributed by atoms with Crippen LogP contribution in [0.15, 0.2) is 42.5 Å². The lowest BCUT2D eigenvalue weighted by Crippen LogP contribution is -2.13. The van der Waals surface area contributed by atoms with Gasteiger partial charge in [-0.15, -0.1) is 0 Å². The van der Waals surface area contributed by atoms with Crippen LogP contribution in [0.25, 0.3) is 0 Å². The molecular formula is C23H28O8. The Labute approximate surface area is 181 Å². The molecule has 1 heterocycles. The van der Waals surface area contributed by atoms with E-state index in [0.29, 0.717) is 75.5 Å². The zero-order chi connectivity index (χ0) is 21.7. The van der Waals surface area contributed by atoms with Gasteiger partial charge in [0.05, 0.1) is 58.4 Å². The van der Waals surface area contributed by atoms with Crippen LogP contribution in [-0.2, 0) is 32.2 Å². The Balaban J connectivity index is 1.59. The molecule has 2 aromatic rings. The first-order chi connectivity index (χ1) is 15.3. The lowest BCUT2D eigenvalue weighted by molar-refractivity contribution is 0.0288. The maximum absolute atomic E-state index is 11.8. The van der Waals surface area contributed by atoms with Crippen LogP contribution >= 0.6 is 0 Å². The molecule has 8 heteroatoms. The van der Waals surface area contributed by atoms with Gasteiger partial charge in [0.25, 0.3) is 0 Å². The average Bonchev–Trinajstić information content (AvgIpc) is 2.77. The molecule has 31 heavy (non-hydrogen) atoms. The van der Waals surface area contributed by atoms with E-state index in [1.54, 1.807) is 18.2 Å². The van der Waals surface area contributed by atoms with Crippen molar-refractivity contribution in [2.75, 3.05) is 52.9 Å². The Kier molecular flexibility index (Phi) is 9.59. The zero-order valence-corrected chi connectivity index (χ0v) is 17.4. The fourth-order valence-corrected chi connectivity index (χ4v) is 3.08. The van der Waals surface area contributed by atoms with E-state index < -0.39 is 5.97 Å². The average molecular weight is 432 g/mol. The Morgan fingerprint density at radius 3 is 1.55 bits per heavy atom. The van der Waals surface area contributed by atoms with Gasteiger partial charge >= 0.3 is 5.97 Å². The number of carbonyl (C=O) groups is 1. The highest BCUT2D eigenvalue weighted by Gasteiger charge is 2.15. The molecule has 3 rings (SSSR count). The Morgan fingerprint density at radius 1 is 0.613 bits per heavy atom. The van der Waals surface area contributed by atoms with Gasteiger partial charge in [-0.3, -0.25) is 0 Å². The van der Waals surface area contributed by atoms with E-state index in [9.17, 15) is 9.90 Å². The van der Waals surface area contributed by atoms with Crippen LogP contribution in [-0.4, -0.2) is 63.9 Å². The van der Waals surface area contributed by atoms with Crippen molar-refractivity contribution in [2.45, 2.75) is 13.2 Å². The summed E-state index contributed by atoms with van der Waals surface area (Å²) in [6.45, 7) is 3.36. The fourth-order valence-electron chi connectivity index (χ4n) is 3.08. The molecule has 1 aliphatic heterocycles. The molecule has 0 aliphatic carbocycles. The lowest BCUT2D eigenvalue weighted by Gasteiger charge is -2.13. The number of ether oxygens (including phenoxy) is 6. The van der Waals surface area contributed by atoms with E-state index in [2.05, 4.69) is 0 Å².